The summed E-state index contributed by atoms with van der Waals surface area (Å²) in [6.07, 6.45) is 3.07. The fraction of sp³-hybridized carbons (Fsp3) is 0.174. The predicted molar refractivity (Wildman–Crippen MR) is 101 cm³/mol. The Kier molecular flexibility index (Phi) is 4.21. The van der Waals surface area contributed by atoms with Crippen LogP contribution in [-0.2, 0) is 19.3 Å². The van der Waals surface area contributed by atoms with Gasteiger partial charge in [-0.25, -0.2) is 0 Å². The summed E-state index contributed by atoms with van der Waals surface area (Å²) in [6, 6.07) is 19.2. The molecule has 130 valence electrons. The van der Waals surface area contributed by atoms with Crippen molar-refractivity contribution in [2.45, 2.75) is 25.7 Å². The molecule has 1 aliphatic carbocycles. The van der Waals surface area contributed by atoms with Gasteiger partial charge < -0.3 is 10.2 Å². The molecule has 26 heavy (non-hydrogen) atoms. The third kappa shape index (κ3) is 2.86. The van der Waals surface area contributed by atoms with Crippen molar-refractivity contribution in [1.82, 2.24) is 0 Å². The van der Waals surface area contributed by atoms with Crippen LogP contribution in [0.4, 0.5) is 0 Å². The van der Waals surface area contributed by atoms with E-state index in [1.165, 1.54) is 11.6 Å². The van der Waals surface area contributed by atoms with Crippen molar-refractivity contribution in [1.29, 1.82) is 0 Å². The SMILES string of the molecule is O=C1c2c(O)cccc2Cc2ccc(CCCc3ccccc3)c(O)c21. The van der Waals surface area contributed by atoms with Gasteiger partial charge in [0.2, 0.25) is 5.78 Å². The lowest BCUT2D eigenvalue weighted by molar-refractivity contribution is 0.102. The van der Waals surface area contributed by atoms with Crippen molar-refractivity contribution < 1.29 is 15.0 Å². The van der Waals surface area contributed by atoms with E-state index >= 15 is 0 Å². The Morgan fingerprint density at radius 1 is 0.769 bits per heavy atom. The van der Waals surface area contributed by atoms with Crippen LogP contribution in [0.2, 0.25) is 0 Å². The molecule has 1 aliphatic rings. The minimum absolute atomic E-state index is 0.0213. The molecule has 0 unspecified atom stereocenters. The van der Waals surface area contributed by atoms with Crippen LogP contribution in [0, 0.1) is 0 Å². The molecule has 2 N–H and O–H groups in total. The molecule has 0 radical (unpaired) electrons. The second-order valence-electron chi connectivity index (χ2n) is 6.76. The summed E-state index contributed by atoms with van der Waals surface area (Å²) in [6.45, 7) is 0. The first-order chi connectivity index (χ1) is 12.6. The van der Waals surface area contributed by atoms with Gasteiger partial charge >= 0.3 is 0 Å². The molecule has 0 atom stereocenters. The number of hydrogen-bond donors (Lipinski definition) is 2. The van der Waals surface area contributed by atoms with Gasteiger partial charge in [0.25, 0.3) is 0 Å². The van der Waals surface area contributed by atoms with E-state index in [1.54, 1.807) is 6.07 Å². The average Bonchev–Trinajstić information content (AvgIpc) is 2.64. The third-order valence-electron chi connectivity index (χ3n) is 5.07. The highest BCUT2D eigenvalue weighted by atomic mass is 16.3. The largest absolute Gasteiger partial charge is 0.507 e. The van der Waals surface area contributed by atoms with Crippen LogP contribution in [-0.4, -0.2) is 16.0 Å². The van der Waals surface area contributed by atoms with Gasteiger partial charge in [0.15, 0.2) is 0 Å². The molecule has 0 saturated carbocycles. The summed E-state index contributed by atoms with van der Waals surface area (Å²) < 4.78 is 0. The fourth-order valence-electron chi connectivity index (χ4n) is 3.73. The van der Waals surface area contributed by atoms with Crippen LogP contribution in [0.15, 0.2) is 60.7 Å². The molecule has 0 fully saturated rings. The monoisotopic (exact) mass is 344 g/mol. The summed E-state index contributed by atoms with van der Waals surface area (Å²) in [5, 5.41) is 20.8. The van der Waals surface area contributed by atoms with Crippen LogP contribution in [0.3, 0.4) is 0 Å². The summed E-state index contributed by atoms with van der Waals surface area (Å²) in [7, 11) is 0. The first-order valence-corrected chi connectivity index (χ1v) is 8.88. The molecule has 0 heterocycles. The lowest BCUT2D eigenvalue weighted by Gasteiger charge is -2.21. The topological polar surface area (TPSA) is 57.5 Å². The van der Waals surface area contributed by atoms with Crippen LogP contribution in [0.5, 0.6) is 11.5 Å². The van der Waals surface area contributed by atoms with Gasteiger partial charge in [-0.2, -0.15) is 0 Å². The molecule has 0 aliphatic heterocycles. The predicted octanol–water partition coefficient (Wildman–Crippen LogP) is 4.41. The van der Waals surface area contributed by atoms with E-state index in [1.807, 2.05) is 36.4 Å². The zero-order valence-electron chi connectivity index (χ0n) is 14.4. The van der Waals surface area contributed by atoms with Gasteiger partial charge in [0, 0.05) is 0 Å². The highest BCUT2D eigenvalue weighted by Gasteiger charge is 2.29. The number of carbonyl (C=O) groups is 1. The van der Waals surface area contributed by atoms with Crippen molar-refractivity contribution in [2.75, 3.05) is 0 Å². The van der Waals surface area contributed by atoms with Gasteiger partial charge in [-0.3, -0.25) is 4.79 Å². The number of phenols is 2. The van der Waals surface area contributed by atoms with Crippen molar-refractivity contribution in [3.05, 3.63) is 94.0 Å². The number of fused-ring (bicyclic) bond motifs is 2. The van der Waals surface area contributed by atoms with Crippen LogP contribution >= 0.6 is 0 Å². The van der Waals surface area contributed by atoms with Crippen LogP contribution in [0.25, 0.3) is 0 Å². The van der Waals surface area contributed by atoms with Gasteiger partial charge in [-0.05, 0) is 54.0 Å². The highest BCUT2D eigenvalue weighted by Crippen LogP contribution is 2.38. The van der Waals surface area contributed by atoms with E-state index < -0.39 is 0 Å². The van der Waals surface area contributed by atoms with Gasteiger partial charge in [0.05, 0.1) is 11.1 Å². The minimum atomic E-state index is -0.290. The number of benzene rings is 3. The van der Waals surface area contributed by atoms with Crippen molar-refractivity contribution >= 4 is 5.78 Å². The number of aryl methyl sites for hydroxylation is 2. The van der Waals surface area contributed by atoms with Crippen LogP contribution in [0.1, 0.15) is 44.6 Å². The van der Waals surface area contributed by atoms with Gasteiger partial charge in [0.1, 0.15) is 11.5 Å². The lowest BCUT2D eigenvalue weighted by Crippen LogP contribution is -2.16. The molecule has 3 nitrogen and oxygen atoms in total. The van der Waals surface area contributed by atoms with E-state index in [0.29, 0.717) is 24.0 Å². The standard InChI is InChI=1S/C23H20O3/c24-19-11-5-10-17-14-18-13-12-16(22(25)21(18)23(26)20(17)19)9-4-8-15-6-2-1-3-7-15/h1-3,5-7,10-13,24-25H,4,8-9,14H2. The molecule has 0 aromatic heterocycles. The molecule has 0 bridgehead atoms. The zero-order valence-corrected chi connectivity index (χ0v) is 14.4. The number of carbonyl (C=O) groups excluding carboxylic acids is 1. The van der Waals surface area contributed by atoms with Crippen molar-refractivity contribution in [2.24, 2.45) is 0 Å². The normalized spacial score (nSPS) is 12.5. The smallest absolute Gasteiger partial charge is 0.201 e. The summed E-state index contributed by atoms with van der Waals surface area (Å²) in [5.41, 5.74) is 4.33. The Balaban J connectivity index is 1.59. The highest BCUT2D eigenvalue weighted by molar-refractivity contribution is 6.15. The summed E-state index contributed by atoms with van der Waals surface area (Å²) in [5.74, 6) is -0.247. The molecular weight excluding hydrogens is 324 g/mol. The Labute approximate surface area is 152 Å². The second-order valence-corrected chi connectivity index (χ2v) is 6.76. The molecule has 3 heteroatoms. The van der Waals surface area contributed by atoms with Crippen molar-refractivity contribution in [3.63, 3.8) is 0 Å². The van der Waals surface area contributed by atoms with E-state index in [-0.39, 0.29) is 17.3 Å². The maximum absolute atomic E-state index is 12.9. The lowest BCUT2D eigenvalue weighted by atomic mass is 9.82. The zero-order chi connectivity index (χ0) is 18.1. The number of rotatable bonds is 4. The molecule has 3 aromatic carbocycles. The minimum Gasteiger partial charge on any atom is -0.507 e. The number of aromatic hydroxyl groups is 2. The van der Waals surface area contributed by atoms with Gasteiger partial charge in [-0.15, -0.1) is 0 Å². The Hall–Kier alpha value is -3.07. The molecule has 0 spiro atoms. The first-order valence-electron chi connectivity index (χ1n) is 8.88. The molecule has 4 rings (SSSR count). The Bertz CT molecular complexity index is 974. The molecule has 0 amide bonds. The third-order valence-corrected chi connectivity index (χ3v) is 5.07. The van der Waals surface area contributed by atoms with E-state index in [2.05, 4.69) is 12.1 Å². The van der Waals surface area contributed by atoms with E-state index in [4.69, 9.17) is 0 Å². The maximum atomic E-state index is 12.9. The molecule has 3 aromatic rings. The first kappa shape index (κ1) is 16.4. The number of phenolic OH excluding ortho intramolecular Hbond substituents is 2. The molecule has 0 saturated heterocycles. The molecular formula is C23H20O3. The maximum Gasteiger partial charge on any atom is 0.201 e. The van der Waals surface area contributed by atoms with E-state index in [9.17, 15) is 15.0 Å². The quantitative estimate of drug-likeness (QED) is 0.576. The fourth-order valence-corrected chi connectivity index (χ4v) is 3.73. The summed E-state index contributed by atoms with van der Waals surface area (Å²) in [4.78, 5) is 12.9. The summed E-state index contributed by atoms with van der Waals surface area (Å²) >= 11 is 0. The van der Waals surface area contributed by atoms with Crippen LogP contribution < -0.4 is 0 Å². The average molecular weight is 344 g/mol. The van der Waals surface area contributed by atoms with E-state index in [0.717, 1.165) is 29.5 Å². The second kappa shape index (κ2) is 6.68. The Morgan fingerprint density at radius 3 is 2.35 bits per heavy atom. The van der Waals surface area contributed by atoms with Gasteiger partial charge in [-0.1, -0.05) is 54.6 Å². The number of ketones is 1. The Morgan fingerprint density at radius 2 is 1.54 bits per heavy atom. The van der Waals surface area contributed by atoms with Crippen molar-refractivity contribution in [3.8, 4) is 11.5 Å². The number of hydrogen-bond acceptors (Lipinski definition) is 3.